The van der Waals surface area contributed by atoms with E-state index in [1.807, 2.05) is 13.8 Å². The van der Waals surface area contributed by atoms with Gasteiger partial charge in [0.05, 0.1) is 12.0 Å². The van der Waals surface area contributed by atoms with Gasteiger partial charge in [0.2, 0.25) is 0 Å². The summed E-state index contributed by atoms with van der Waals surface area (Å²) in [5.41, 5.74) is -0.182. The average Bonchev–Trinajstić information content (AvgIpc) is 3.17. The fraction of sp³-hybridized carbons (Fsp3) is 0.960. The minimum absolute atomic E-state index is 0.0159. The quantitative estimate of drug-likeness (QED) is 0.0489. The molecule has 0 rings (SSSR count). The lowest BCUT2D eigenvalue weighted by atomic mass is 9.83. The van der Waals surface area contributed by atoms with Gasteiger partial charge in [0, 0.05) is 13.0 Å². The van der Waals surface area contributed by atoms with Crippen molar-refractivity contribution in [2.45, 2.75) is 266 Å². The summed E-state index contributed by atoms with van der Waals surface area (Å²) in [4.78, 5) is 28.3. The van der Waals surface area contributed by atoms with Gasteiger partial charge >= 0.3 is 11.9 Å². The standard InChI is InChI=1S/C50H99NO5/c1-8-11-14-17-20-25-34-45-55-48(54)50(6,7)39-29-23-24-31-41-51(42-32-33-44-52)43-40-49(4,5)38-30-28-37-47(53)56-46(35-26-21-18-15-12-9-2)36-27-22-19-16-13-10-3/h46,52H,8-45H2,1-7H3. The maximum atomic E-state index is 12.9. The summed E-state index contributed by atoms with van der Waals surface area (Å²) in [6, 6.07) is 0. The molecule has 0 aliphatic heterocycles. The topological polar surface area (TPSA) is 76.1 Å². The van der Waals surface area contributed by atoms with Gasteiger partial charge in [0.25, 0.3) is 0 Å². The van der Waals surface area contributed by atoms with E-state index in [4.69, 9.17) is 9.47 Å². The van der Waals surface area contributed by atoms with E-state index in [0.29, 0.717) is 13.0 Å². The number of esters is 2. The Morgan fingerprint density at radius 3 is 1.54 bits per heavy atom. The van der Waals surface area contributed by atoms with Crippen molar-refractivity contribution in [1.82, 2.24) is 4.90 Å². The molecule has 0 saturated heterocycles. The van der Waals surface area contributed by atoms with Crippen LogP contribution in [0.2, 0.25) is 0 Å². The van der Waals surface area contributed by atoms with E-state index in [9.17, 15) is 14.7 Å². The molecule has 0 spiro atoms. The number of hydrogen-bond donors (Lipinski definition) is 1. The molecule has 1 N–H and O–H groups in total. The third-order valence-electron chi connectivity index (χ3n) is 12.1. The molecular formula is C50H99NO5. The normalized spacial score (nSPS) is 12.2. The van der Waals surface area contributed by atoms with Crippen LogP contribution in [0.15, 0.2) is 0 Å². The van der Waals surface area contributed by atoms with Crippen LogP contribution in [-0.4, -0.2) is 60.9 Å². The van der Waals surface area contributed by atoms with E-state index in [1.54, 1.807) is 0 Å². The van der Waals surface area contributed by atoms with Crippen LogP contribution < -0.4 is 0 Å². The zero-order chi connectivity index (χ0) is 41.6. The van der Waals surface area contributed by atoms with Gasteiger partial charge in [-0.1, -0.05) is 163 Å². The lowest BCUT2D eigenvalue weighted by molar-refractivity contribution is -0.154. The molecular weight excluding hydrogens is 695 g/mol. The molecule has 0 aromatic rings. The van der Waals surface area contributed by atoms with Gasteiger partial charge in [-0.25, -0.2) is 0 Å². The number of ether oxygens (including phenoxy) is 2. The highest BCUT2D eigenvalue weighted by atomic mass is 16.5. The van der Waals surface area contributed by atoms with Crippen LogP contribution in [-0.2, 0) is 19.1 Å². The predicted molar refractivity (Wildman–Crippen MR) is 241 cm³/mol. The highest BCUT2D eigenvalue weighted by Crippen LogP contribution is 2.29. The fourth-order valence-corrected chi connectivity index (χ4v) is 7.83. The number of nitrogens with zero attached hydrogens (tertiary/aromatic N) is 1. The summed E-state index contributed by atoms with van der Waals surface area (Å²) in [5.74, 6) is -0.0190. The molecule has 0 bridgehead atoms. The predicted octanol–water partition coefficient (Wildman–Crippen LogP) is 14.7. The molecule has 0 aliphatic rings. The smallest absolute Gasteiger partial charge is 0.311 e. The lowest BCUT2D eigenvalue weighted by Crippen LogP contribution is -2.30. The Morgan fingerprint density at radius 1 is 0.518 bits per heavy atom. The van der Waals surface area contributed by atoms with Crippen LogP contribution in [0.4, 0.5) is 0 Å². The van der Waals surface area contributed by atoms with Crippen LogP contribution >= 0.6 is 0 Å². The monoisotopic (exact) mass is 794 g/mol. The Kier molecular flexibility index (Phi) is 37.3. The average molecular weight is 794 g/mol. The second kappa shape index (κ2) is 38.1. The third kappa shape index (κ3) is 34.9. The Hall–Kier alpha value is -1.14. The summed E-state index contributed by atoms with van der Waals surface area (Å²) in [5, 5.41) is 9.40. The summed E-state index contributed by atoms with van der Waals surface area (Å²) in [6.45, 7) is 19.7. The van der Waals surface area contributed by atoms with Gasteiger partial charge in [-0.3, -0.25) is 9.59 Å². The second-order valence-electron chi connectivity index (χ2n) is 18.9. The van der Waals surface area contributed by atoms with E-state index >= 15 is 0 Å². The summed E-state index contributed by atoms with van der Waals surface area (Å²) < 4.78 is 11.8. The van der Waals surface area contributed by atoms with Crippen LogP contribution in [0.3, 0.4) is 0 Å². The summed E-state index contributed by atoms with van der Waals surface area (Å²) in [7, 11) is 0. The van der Waals surface area contributed by atoms with Gasteiger partial charge in [-0.2, -0.15) is 0 Å². The molecule has 0 atom stereocenters. The number of rotatable bonds is 43. The Balaban J connectivity index is 4.51. The van der Waals surface area contributed by atoms with Crippen molar-refractivity contribution in [3.05, 3.63) is 0 Å². The summed E-state index contributed by atoms with van der Waals surface area (Å²) in [6.07, 6.45) is 38.3. The second-order valence-corrected chi connectivity index (χ2v) is 18.9. The first-order valence-electron chi connectivity index (χ1n) is 24.7. The fourth-order valence-electron chi connectivity index (χ4n) is 7.83. The van der Waals surface area contributed by atoms with Crippen molar-refractivity contribution in [2.24, 2.45) is 10.8 Å². The Labute approximate surface area is 350 Å². The molecule has 0 aromatic heterocycles. The van der Waals surface area contributed by atoms with Crippen LogP contribution in [0.1, 0.15) is 260 Å². The zero-order valence-corrected chi connectivity index (χ0v) is 39.0. The third-order valence-corrected chi connectivity index (χ3v) is 12.1. The molecule has 0 aliphatic carbocycles. The minimum Gasteiger partial charge on any atom is -0.465 e. The van der Waals surface area contributed by atoms with Gasteiger partial charge in [0.15, 0.2) is 0 Å². The largest absolute Gasteiger partial charge is 0.465 e. The van der Waals surface area contributed by atoms with E-state index < -0.39 is 5.41 Å². The van der Waals surface area contributed by atoms with E-state index in [1.165, 1.54) is 122 Å². The maximum absolute atomic E-state index is 12.9. The Morgan fingerprint density at radius 2 is 0.982 bits per heavy atom. The number of aliphatic hydroxyl groups excluding tert-OH is 1. The minimum atomic E-state index is -0.410. The molecule has 0 radical (unpaired) electrons. The maximum Gasteiger partial charge on any atom is 0.311 e. The van der Waals surface area contributed by atoms with E-state index in [-0.39, 0.29) is 30.1 Å². The molecule has 0 fully saturated rings. The Bertz CT molecular complexity index is 858. The van der Waals surface area contributed by atoms with Gasteiger partial charge < -0.3 is 19.5 Å². The highest BCUT2D eigenvalue weighted by Gasteiger charge is 2.28. The first-order valence-corrected chi connectivity index (χ1v) is 24.7. The number of aliphatic hydroxyl groups is 1. The number of unbranched alkanes of at least 4 members (excludes halogenated alkanes) is 21. The molecule has 334 valence electrons. The molecule has 0 heterocycles. The molecule has 0 unspecified atom stereocenters. The van der Waals surface area contributed by atoms with E-state index in [2.05, 4.69) is 39.5 Å². The van der Waals surface area contributed by atoms with Gasteiger partial charge in [-0.05, 0) is 116 Å². The van der Waals surface area contributed by atoms with Gasteiger partial charge in [-0.15, -0.1) is 0 Å². The molecule has 56 heavy (non-hydrogen) atoms. The zero-order valence-electron chi connectivity index (χ0n) is 39.0. The van der Waals surface area contributed by atoms with Gasteiger partial charge in [0.1, 0.15) is 6.10 Å². The molecule has 0 saturated carbocycles. The molecule has 0 amide bonds. The van der Waals surface area contributed by atoms with Crippen molar-refractivity contribution < 1.29 is 24.2 Å². The molecule has 6 heteroatoms. The van der Waals surface area contributed by atoms with Crippen molar-refractivity contribution in [2.75, 3.05) is 32.8 Å². The van der Waals surface area contributed by atoms with Crippen molar-refractivity contribution in [1.29, 1.82) is 0 Å². The van der Waals surface area contributed by atoms with Crippen LogP contribution in [0, 0.1) is 10.8 Å². The van der Waals surface area contributed by atoms with E-state index in [0.717, 1.165) is 103 Å². The van der Waals surface area contributed by atoms with Crippen LogP contribution in [0.5, 0.6) is 0 Å². The van der Waals surface area contributed by atoms with Crippen LogP contribution in [0.25, 0.3) is 0 Å². The number of carbonyl (C=O) groups excluding carboxylic acids is 2. The van der Waals surface area contributed by atoms with Crippen molar-refractivity contribution >= 4 is 11.9 Å². The number of carbonyl (C=O) groups is 2. The summed E-state index contributed by atoms with van der Waals surface area (Å²) >= 11 is 0. The lowest BCUT2D eigenvalue weighted by Gasteiger charge is -2.30. The highest BCUT2D eigenvalue weighted by molar-refractivity contribution is 5.75. The number of hydrogen-bond acceptors (Lipinski definition) is 6. The molecule has 0 aromatic carbocycles. The SMILES string of the molecule is CCCCCCCCCOC(=O)C(C)(C)CCCCCCN(CCCCO)CCC(C)(C)CCCCC(=O)OC(CCCCCCCC)CCCCCCCC. The first-order chi connectivity index (χ1) is 27.0. The first kappa shape index (κ1) is 54.9. The van der Waals surface area contributed by atoms with Crippen molar-refractivity contribution in [3.8, 4) is 0 Å². The molecule has 6 nitrogen and oxygen atoms in total. The van der Waals surface area contributed by atoms with Crippen molar-refractivity contribution in [3.63, 3.8) is 0 Å².